The van der Waals surface area contributed by atoms with E-state index >= 15 is 0 Å². The summed E-state index contributed by atoms with van der Waals surface area (Å²) < 4.78 is 25.4. The zero-order valence-electron chi connectivity index (χ0n) is 15.9. The van der Waals surface area contributed by atoms with Crippen LogP contribution in [0.3, 0.4) is 0 Å². The molecule has 6 heteroatoms. The number of ether oxygens (including phenoxy) is 2. The van der Waals surface area contributed by atoms with E-state index in [0.717, 1.165) is 10.4 Å². The number of methoxy groups -OCH3 is 1. The first-order valence-electron chi connectivity index (χ1n) is 9.20. The number of nitrogens with one attached hydrogen (secondary N) is 1. The maximum Gasteiger partial charge on any atom is 0.225 e. The van der Waals surface area contributed by atoms with Crippen LogP contribution in [0.15, 0.2) is 60.5 Å². The molecule has 29 heavy (non-hydrogen) atoms. The lowest BCUT2D eigenvalue weighted by Crippen LogP contribution is -2.22. The molecule has 0 saturated carbocycles. The van der Waals surface area contributed by atoms with Gasteiger partial charge in [-0.2, -0.15) is 0 Å². The molecular weight excluding hydrogens is 389 g/mol. The Morgan fingerprint density at radius 2 is 2.07 bits per heavy atom. The summed E-state index contributed by atoms with van der Waals surface area (Å²) in [4.78, 5) is 13.5. The fourth-order valence-corrected chi connectivity index (χ4v) is 4.69. The van der Waals surface area contributed by atoms with Crippen LogP contribution in [-0.2, 0) is 4.79 Å². The molecule has 0 radical (unpaired) electrons. The first-order chi connectivity index (χ1) is 14.1. The lowest BCUT2D eigenvalue weighted by atomic mass is 9.89. The molecule has 0 spiro atoms. The summed E-state index contributed by atoms with van der Waals surface area (Å²) in [5.41, 5.74) is 2.83. The van der Waals surface area contributed by atoms with Crippen LogP contribution in [0, 0.1) is 5.82 Å². The molecule has 3 aromatic rings. The van der Waals surface area contributed by atoms with Crippen LogP contribution in [0.1, 0.15) is 22.8 Å². The highest BCUT2D eigenvalue weighted by atomic mass is 32.1. The third kappa shape index (κ3) is 3.63. The van der Waals surface area contributed by atoms with Gasteiger partial charge in [-0.15, -0.1) is 11.3 Å². The van der Waals surface area contributed by atoms with Crippen LogP contribution in [0.5, 0.6) is 11.5 Å². The van der Waals surface area contributed by atoms with Gasteiger partial charge in [-0.05, 0) is 23.8 Å². The molecule has 4 rings (SSSR count). The Bertz CT molecular complexity index is 1080. The van der Waals surface area contributed by atoms with E-state index in [2.05, 4.69) is 11.9 Å². The van der Waals surface area contributed by atoms with Gasteiger partial charge < -0.3 is 14.8 Å². The fourth-order valence-electron chi connectivity index (χ4n) is 3.54. The zero-order chi connectivity index (χ0) is 20.4. The molecular formula is C23H20FNO3S. The number of carbonyl (C=O) groups is 1. The summed E-state index contributed by atoms with van der Waals surface area (Å²) in [6.07, 6.45) is 1.99. The van der Waals surface area contributed by atoms with E-state index in [1.54, 1.807) is 31.4 Å². The van der Waals surface area contributed by atoms with Crippen LogP contribution >= 0.6 is 11.3 Å². The Kier molecular flexibility index (Phi) is 5.36. The van der Waals surface area contributed by atoms with E-state index in [1.165, 1.54) is 17.4 Å². The minimum absolute atomic E-state index is 0.0931. The third-order valence-electron chi connectivity index (χ3n) is 4.90. The van der Waals surface area contributed by atoms with Gasteiger partial charge in [0.1, 0.15) is 12.4 Å². The summed E-state index contributed by atoms with van der Waals surface area (Å²) in [5.74, 6) is 0.684. The summed E-state index contributed by atoms with van der Waals surface area (Å²) in [7, 11) is 1.58. The van der Waals surface area contributed by atoms with Gasteiger partial charge in [0.15, 0.2) is 11.5 Å². The van der Waals surface area contributed by atoms with Crippen LogP contribution in [0.25, 0.3) is 11.1 Å². The topological polar surface area (TPSA) is 47.6 Å². The van der Waals surface area contributed by atoms with Crippen molar-refractivity contribution in [1.29, 1.82) is 0 Å². The Labute approximate surface area is 172 Å². The van der Waals surface area contributed by atoms with Crippen molar-refractivity contribution >= 4 is 22.9 Å². The fraction of sp³-hybridized carbons (Fsp3) is 0.174. The first kappa shape index (κ1) is 19.2. The Morgan fingerprint density at radius 1 is 1.24 bits per heavy atom. The van der Waals surface area contributed by atoms with E-state index in [-0.39, 0.29) is 17.6 Å². The van der Waals surface area contributed by atoms with Gasteiger partial charge in [0, 0.05) is 33.7 Å². The van der Waals surface area contributed by atoms with Gasteiger partial charge in [0.25, 0.3) is 0 Å². The van der Waals surface area contributed by atoms with Crippen LogP contribution in [-0.4, -0.2) is 19.6 Å². The van der Waals surface area contributed by atoms with Crippen LogP contribution in [0.2, 0.25) is 0 Å². The van der Waals surface area contributed by atoms with Gasteiger partial charge in [-0.25, -0.2) is 4.39 Å². The molecule has 1 aliphatic rings. The van der Waals surface area contributed by atoms with E-state index in [4.69, 9.17) is 9.47 Å². The highest BCUT2D eigenvalue weighted by molar-refractivity contribution is 7.11. The number of fused-ring (bicyclic) bond motifs is 1. The highest BCUT2D eigenvalue weighted by Crippen LogP contribution is 2.47. The molecule has 1 N–H and O–H groups in total. The first-order valence-corrected chi connectivity index (χ1v) is 10.1. The second-order valence-electron chi connectivity index (χ2n) is 6.68. The molecule has 0 bridgehead atoms. The molecule has 148 valence electrons. The number of amides is 1. The number of hydrogen-bond donors (Lipinski definition) is 1. The van der Waals surface area contributed by atoms with Crippen molar-refractivity contribution in [2.75, 3.05) is 19.0 Å². The molecule has 0 aliphatic carbocycles. The van der Waals surface area contributed by atoms with Gasteiger partial charge in [-0.1, -0.05) is 36.9 Å². The Morgan fingerprint density at radius 3 is 2.83 bits per heavy atom. The number of benzene rings is 2. The van der Waals surface area contributed by atoms with Crippen molar-refractivity contribution in [3.63, 3.8) is 0 Å². The van der Waals surface area contributed by atoms with Crippen LogP contribution in [0.4, 0.5) is 10.1 Å². The van der Waals surface area contributed by atoms with E-state index < -0.39 is 0 Å². The minimum Gasteiger partial charge on any atom is -0.493 e. The molecule has 1 aliphatic heterocycles. The normalized spacial score (nSPS) is 15.4. The van der Waals surface area contributed by atoms with Crippen molar-refractivity contribution in [1.82, 2.24) is 0 Å². The van der Waals surface area contributed by atoms with Crippen molar-refractivity contribution in [2.24, 2.45) is 0 Å². The molecule has 0 unspecified atom stereocenters. The monoisotopic (exact) mass is 409 g/mol. The second-order valence-corrected chi connectivity index (χ2v) is 7.59. The molecule has 2 heterocycles. The number of anilines is 1. The molecule has 1 amide bonds. The second kappa shape index (κ2) is 8.09. The predicted molar refractivity (Wildman–Crippen MR) is 113 cm³/mol. The van der Waals surface area contributed by atoms with E-state index in [9.17, 15) is 9.18 Å². The molecule has 1 aromatic heterocycles. The maximum absolute atomic E-state index is 14.3. The maximum atomic E-state index is 14.3. The average molecular weight is 409 g/mol. The van der Waals surface area contributed by atoms with Crippen molar-refractivity contribution < 1.29 is 18.7 Å². The number of hydrogen-bond acceptors (Lipinski definition) is 4. The average Bonchev–Trinajstić information content (AvgIpc) is 3.15. The largest absolute Gasteiger partial charge is 0.493 e. The molecule has 0 fully saturated rings. The summed E-state index contributed by atoms with van der Waals surface area (Å²) in [5, 5.41) is 4.84. The third-order valence-corrected chi connectivity index (χ3v) is 6.00. The summed E-state index contributed by atoms with van der Waals surface area (Å²) >= 11 is 1.53. The van der Waals surface area contributed by atoms with Gasteiger partial charge >= 0.3 is 0 Å². The Balaban J connectivity index is 1.76. The number of thiophene rings is 1. The highest BCUT2D eigenvalue weighted by Gasteiger charge is 2.31. The molecule has 1 atom stereocenters. The Hall–Kier alpha value is -3.12. The smallest absolute Gasteiger partial charge is 0.225 e. The van der Waals surface area contributed by atoms with Crippen molar-refractivity contribution in [3.05, 3.63) is 76.8 Å². The van der Waals surface area contributed by atoms with E-state index in [0.29, 0.717) is 41.3 Å². The molecule has 0 saturated heterocycles. The minimum atomic E-state index is -0.310. The molecule has 2 aromatic carbocycles. The van der Waals surface area contributed by atoms with E-state index in [1.807, 2.05) is 23.6 Å². The van der Waals surface area contributed by atoms with Crippen molar-refractivity contribution in [2.45, 2.75) is 12.3 Å². The van der Waals surface area contributed by atoms with Gasteiger partial charge in [0.2, 0.25) is 5.91 Å². The summed E-state index contributed by atoms with van der Waals surface area (Å²) in [6.45, 7) is 4.03. The molecule has 4 nitrogen and oxygen atoms in total. The number of carbonyl (C=O) groups excluding carboxylic acids is 1. The quantitative estimate of drug-likeness (QED) is 0.539. The van der Waals surface area contributed by atoms with Gasteiger partial charge in [0.05, 0.1) is 12.8 Å². The van der Waals surface area contributed by atoms with Crippen LogP contribution < -0.4 is 14.8 Å². The standard InChI is InChI=1S/C23H20FNO3S/c1-3-10-28-19-9-8-14(11-20(19)27-2)16-12-21(26)25-22-17(13-29-23(16)22)15-6-4-5-7-18(15)24/h3-9,11,13,16H,1,10,12H2,2H3,(H,25,26)/t16-/m0/s1. The summed E-state index contributed by atoms with van der Waals surface area (Å²) in [6, 6.07) is 12.3. The van der Waals surface area contributed by atoms with Gasteiger partial charge in [-0.3, -0.25) is 4.79 Å². The number of rotatable bonds is 6. The predicted octanol–water partition coefficient (Wildman–Crippen LogP) is 5.60. The SMILES string of the molecule is C=CCOc1ccc([C@@H]2CC(=O)Nc3c(-c4ccccc4F)csc32)cc1OC. The lowest BCUT2D eigenvalue weighted by molar-refractivity contribution is -0.116. The van der Waals surface area contributed by atoms with Crippen molar-refractivity contribution in [3.8, 4) is 22.6 Å². The lowest BCUT2D eigenvalue weighted by Gasteiger charge is -2.24. The number of halogens is 1. The zero-order valence-corrected chi connectivity index (χ0v) is 16.7.